The lowest BCUT2D eigenvalue weighted by Crippen LogP contribution is -2.02. The van der Waals surface area contributed by atoms with Gasteiger partial charge in [-0.25, -0.2) is 13.4 Å². The van der Waals surface area contributed by atoms with Crippen molar-refractivity contribution in [2.75, 3.05) is 6.26 Å². The maximum absolute atomic E-state index is 12.8. The first kappa shape index (κ1) is 15.1. The van der Waals surface area contributed by atoms with Crippen molar-refractivity contribution >= 4 is 59.9 Å². The molecule has 0 amide bonds. The molecule has 8 heteroatoms. The van der Waals surface area contributed by atoms with E-state index in [0.717, 1.165) is 15.2 Å². The van der Waals surface area contributed by atoms with Gasteiger partial charge in [-0.3, -0.25) is 0 Å². The molecular formula is C13H11BrN2O2S3. The molecule has 0 saturated carbocycles. The van der Waals surface area contributed by atoms with E-state index < -0.39 is 9.84 Å². The summed E-state index contributed by atoms with van der Waals surface area (Å²) in [5.41, 5.74) is 1.54. The SMILES string of the molecule is CSc1sccc1S(=O)(=O)c1cc(Br)c2ncn(C)c2c1. The van der Waals surface area contributed by atoms with Gasteiger partial charge < -0.3 is 4.57 Å². The maximum Gasteiger partial charge on any atom is 0.208 e. The molecule has 0 N–H and O–H groups in total. The molecule has 3 aromatic rings. The lowest BCUT2D eigenvalue weighted by Gasteiger charge is -2.06. The highest BCUT2D eigenvalue weighted by molar-refractivity contribution is 9.10. The van der Waals surface area contributed by atoms with Crippen LogP contribution in [0.25, 0.3) is 11.0 Å². The summed E-state index contributed by atoms with van der Waals surface area (Å²) in [5.74, 6) is 0. The highest BCUT2D eigenvalue weighted by Gasteiger charge is 2.24. The second kappa shape index (κ2) is 5.42. The molecular weight excluding hydrogens is 392 g/mol. The number of hydrogen-bond donors (Lipinski definition) is 0. The van der Waals surface area contributed by atoms with E-state index in [1.54, 1.807) is 29.9 Å². The molecule has 3 rings (SSSR count). The number of rotatable bonds is 3. The molecule has 0 saturated heterocycles. The van der Waals surface area contributed by atoms with Gasteiger partial charge in [0, 0.05) is 11.5 Å². The summed E-state index contributed by atoms with van der Waals surface area (Å²) in [5, 5.41) is 1.80. The van der Waals surface area contributed by atoms with Crippen LogP contribution in [0, 0.1) is 0 Å². The van der Waals surface area contributed by atoms with Crippen molar-refractivity contribution in [2.45, 2.75) is 14.0 Å². The fraction of sp³-hybridized carbons (Fsp3) is 0.154. The van der Waals surface area contributed by atoms with E-state index in [4.69, 9.17) is 0 Å². The Morgan fingerprint density at radius 3 is 2.86 bits per heavy atom. The van der Waals surface area contributed by atoms with E-state index >= 15 is 0 Å². The van der Waals surface area contributed by atoms with Crippen LogP contribution in [-0.4, -0.2) is 24.2 Å². The van der Waals surface area contributed by atoms with Crippen molar-refractivity contribution < 1.29 is 8.42 Å². The molecule has 0 fully saturated rings. The smallest absolute Gasteiger partial charge is 0.208 e. The Kier molecular flexibility index (Phi) is 3.89. The van der Waals surface area contributed by atoms with Crippen LogP contribution in [0.4, 0.5) is 0 Å². The van der Waals surface area contributed by atoms with Crippen LogP contribution in [0.15, 0.2) is 48.4 Å². The minimum atomic E-state index is -3.53. The topological polar surface area (TPSA) is 52.0 Å². The van der Waals surface area contributed by atoms with E-state index in [-0.39, 0.29) is 4.90 Å². The van der Waals surface area contributed by atoms with Gasteiger partial charge in [0.15, 0.2) is 0 Å². The summed E-state index contributed by atoms with van der Waals surface area (Å²) >= 11 is 6.29. The van der Waals surface area contributed by atoms with Gasteiger partial charge in [0.2, 0.25) is 9.84 Å². The van der Waals surface area contributed by atoms with Crippen LogP contribution in [-0.2, 0) is 16.9 Å². The second-order valence-corrected chi connectivity index (χ2v) is 9.17. The normalized spacial score (nSPS) is 12.1. The molecule has 0 unspecified atom stereocenters. The fourth-order valence-electron chi connectivity index (χ4n) is 2.08. The third-order valence-corrected chi connectivity index (χ3v) is 7.86. The average Bonchev–Trinajstić information content (AvgIpc) is 3.06. The Bertz CT molecular complexity index is 928. The summed E-state index contributed by atoms with van der Waals surface area (Å²) in [7, 11) is -1.69. The molecule has 0 bridgehead atoms. The zero-order valence-corrected chi connectivity index (χ0v) is 15.2. The van der Waals surface area contributed by atoms with Crippen molar-refractivity contribution in [3.05, 3.63) is 34.4 Å². The molecule has 0 radical (unpaired) electrons. The molecule has 110 valence electrons. The van der Waals surface area contributed by atoms with Gasteiger partial charge in [0.05, 0.1) is 25.8 Å². The monoisotopic (exact) mass is 402 g/mol. The molecule has 0 atom stereocenters. The molecule has 0 aliphatic carbocycles. The number of aromatic nitrogens is 2. The molecule has 1 aromatic carbocycles. The van der Waals surface area contributed by atoms with Crippen molar-refractivity contribution in [3.8, 4) is 0 Å². The Hall–Kier alpha value is -0.830. The van der Waals surface area contributed by atoms with Crippen LogP contribution < -0.4 is 0 Å². The first-order valence-corrected chi connectivity index (χ1v) is 10.3. The first-order chi connectivity index (χ1) is 9.95. The number of hydrogen-bond acceptors (Lipinski definition) is 5. The molecule has 4 nitrogen and oxygen atoms in total. The van der Waals surface area contributed by atoms with Gasteiger partial charge in [-0.2, -0.15) is 0 Å². The molecule has 21 heavy (non-hydrogen) atoms. The average molecular weight is 403 g/mol. The highest BCUT2D eigenvalue weighted by Crippen LogP contribution is 2.36. The Morgan fingerprint density at radius 1 is 1.38 bits per heavy atom. The van der Waals surface area contributed by atoms with Crippen molar-refractivity contribution in [3.63, 3.8) is 0 Å². The van der Waals surface area contributed by atoms with Gasteiger partial charge in [0.25, 0.3) is 0 Å². The number of benzene rings is 1. The summed E-state index contributed by atoms with van der Waals surface area (Å²) in [6, 6.07) is 4.95. The van der Waals surface area contributed by atoms with Gasteiger partial charge in [0.1, 0.15) is 5.52 Å². The predicted octanol–water partition coefficient (Wildman–Crippen LogP) is 3.95. The molecule has 0 spiro atoms. The standard InChI is InChI=1S/C13H11BrN2O2S3/c1-16-7-15-12-9(14)5-8(6-10(12)16)21(17,18)11-3-4-20-13(11)19-2/h3-7H,1-2H3. The number of aryl methyl sites for hydroxylation is 1. The maximum atomic E-state index is 12.8. The van der Waals surface area contributed by atoms with Crippen LogP contribution in [0.3, 0.4) is 0 Å². The first-order valence-electron chi connectivity index (χ1n) is 5.92. The van der Waals surface area contributed by atoms with E-state index in [1.165, 1.54) is 23.1 Å². The molecule has 0 aliphatic heterocycles. The van der Waals surface area contributed by atoms with Crippen LogP contribution >= 0.6 is 39.0 Å². The number of imidazole rings is 1. The number of thiophene rings is 1. The fourth-order valence-corrected chi connectivity index (χ4v) is 6.51. The number of fused-ring (bicyclic) bond motifs is 1. The van der Waals surface area contributed by atoms with Crippen molar-refractivity contribution in [1.29, 1.82) is 0 Å². The summed E-state index contributed by atoms with van der Waals surface area (Å²) in [4.78, 5) is 4.90. The van der Waals surface area contributed by atoms with Crippen LogP contribution in [0.1, 0.15) is 0 Å². The molecule has 2 aromatic heterocycles. The number of nitrogens with zero attached hydrogens (tertiary/aromatic N) is 2. The third kappa shape index (κ3) is 2.44. The van der Waals surface area contributed by atoms with E-state index in [0.29, 0.717) is 9.37 Å². The number of halogens is 1. The van der Waals surface area contributed by atoms with Gasteiger partial charge in [-0.05, 0) is 45.8 Å². The number of sulfone groups is 1. The minimum absolute atomic E-state index is 0.277. The van der Waals surface area contributed by atoms with Gasteiger partial charge in [-0.15, -0.1) is 23.1 Å². The third-order valence-electron chi connectivity index (χ3n) is 3.14. The second-order valence-electron chi connectivity index (χ2n) is 4.41. The van der Waals surface area contributed by atoms with Crippen molar-refractivity contribution in [1.82, 2.24) is 9.55 Å². The molecule has 0 aliphatic rings. The Labute approximate surface area is 139 Å². The van der Waals surface area contributed by atoms with Gasteiger partial charge in [-0.1, -0.05) is 0 Å². The Balaban J connectivity index is 2.26. The lowest BCUT2D eigenvalue weighted by atomic mass is 10.3. The summed E-state index contributed by atoms with van der Waals surface area (Å²) < 4.78 is 29.0. The number of thioether (sulfide) groups is 1. The summed E-state index contributed by atoms with van der Waals surface area (Å²) in [6.07, 6.45) is 3.55. The zero-order chi connectivity index (χ0) is 15.2. The van der Waals surface area contributed by atoms with Gasteiger partial charge >= 0.3 is 0 Å². The van der Waals surface area contributed by atoms with E-state index in [1.807, 2.05) is 17.9 Å². The summed E-state index contributed by atoms with van der Waals surface area (Å²) in [6.45, 7) is 0. The predicted molar refractivity (Wildman–Crippen MR) is 90.0 cm³/mol. The lowest BCUT2D eigenvalue weighted by molar-refractivity contribution is 0.595. The Morgan fingerprint density at radius 2 is 2.14 bits per heavy atom. The van der Waals surface area contributed by atoms with Crippen molar-refractivity contribution in [2.24, 2.45) is 7.05 Å². The largest absolute Gasteiger partial charge is 0.334 e. The zero-order valence-electron chi connectivity index (χ0n) is 11.2. The quantitative estimate of drug-likeness (QED) is 0.622. The highest BCUT2D eigenvalue weighted by atomic mass is 79.9. The van der Waals surface area contributed by atoms with Crippen LogP contribution in [0.5, 0.6) is 0 Å². The van der Waals surface area contributed by atoms with E-state index in [2.05, 4.69) is 20.9 Å². The van der Waals surface area contributed by atoms with E-state index in [9.17, 15) is 8.42 Å². The minimum Gasteiger partial charge on any atom is -0.334 e. The molecule has 2 heterocycles. The van der Waals surface area contributed by atoms with Crippen LogP contribution in [0.2, 0.25) is 0 Å².